The Morgan fingerprint density at radius 2 is 1.64 bits per heavy atom. The van der Waals surface area contributed by atoms with Crippen molar-refractivity contribution in [2.75, 3.05) is 19.0 Å². The average molecular weight is 493 g/mol. The third kappa shape index (κ3) is 5.84. The summed E-state index contributed by atoms with van der Waals surface area (Å²) in [7, 11) is 1.42. The van der Waals surface area contributed by atoms with Gasteiger partial charge in [0.15, 0.2) is 18.1 Å². The van der Waals surface area contributed by atoms with E-state index in [0.717, 1.165) is 4.90 Å². The molecule has 0 atom stereocenters. The minimum absolute atomic E-state index is 0.00162. The second kappa shape index (κ2) is 10.7. The molecule has 0 saturated carbocycles. The van der Waals surface area contributed by atoms with Gasteiger partial charge in [-0.15, -0.1) is 0 Å². The van der Waals surface area contributed by atoms with Gasteiger partial charge in [0.25, 0.3) is 11.8 Å². The van der Waals surface area contributed by atoms with Crippen LogP contribution in [0.4, 0.5) is 19.3 Å². The number of halogens is 2. The molecule has 1 aliphatic rings. The molecule has 0 radical (unpaired) electrons. The van der Waals surface area contributed by atoms with E-state index in [2.05, 4.69) is 10.6 Å². The zero-order chi connectivity index (χ0) is 25.7. The van der Waals surface area contributed by atoms with Gasteiger partial charge in [-0.05, 0) is 65.7 Å². The number of imide groups is 1. The van der Waals surface area contributed by atoms with E-state index in [4.69, 9.17) is 9.47 Å². The van der Waals surface area contributed by atoms with Gasteiger partial charge in [-0.3, -0.25) is 14.5 Å². The number of rotatable bonds is 8. The third-order valence-corrected chi connectivity index (χ3v) is 5.20. The lowest BCUT2D eigenvalue weighted by Gasteiger charge is -2.12. The lowest BCUT2D eigenvalue weighted by Crippen LogP contribution is -2.30. The molecule has 2 N–H and O–H groups in total. The largest absolute Gasteiger partial charge is 0.493 e. The molecule has 3 aromatic carbocycles. The smallest absolute Gasteiger partial charge is 0.329 e. The highest BCUT2D eigenvalue weighted by Crippen LogP contribution is 2.29. The number of nitrogens with zero attached hydrogens (tertiary/aromatic N) is 1. The second-order valence-corrected chi connectivity index (χ2v) is 7.76. The molecule has 0 spiro atoms. The van der Waals surface area contributed by atoms with Crippen molar-refractivity contribution in [3.63, 3.8) is 0 Å². The van der Waals surface area contributed by atoms with E-state index in [-0.39, 0.29) is 24.6 Å². The van der Waals surface area contributed by atoms with Crippen LogP contribution < -0.4 is 20.1 Å². The lowest BCUT2D eigenvalue weighted by molar-refractivity contribution is -0.123. The van der Waals surface area contributed by atoms with Crippen molar-refractivity contribution < 1.29 is 32.6 Å². The number of benzene rings is 3. The van der Waals surface area contributed by atoms with Crippen LogP contribution >= 0.6 is 0 Å². The van der Waals surface area contributed by atoms with Crippen LogP contribution in [0.1, 0.15) is 11.1 Å². The molecule has 1 saturated heterocycles. The van der Waals surface area contributed by atoms with Gasteiger partial charge in [-0.1, -0.05) is 18.2 Å². The van der Waals surface area contributed by atoms with E-state index in [1.807, 2.05) is 0 Å². The minimum Gasteiger partial charge on any atom is -0.493 e. The molecule has 0 unspecified atom stereocenters. The SMILES string of the molecule is COc1cc(/C=C2\NC(=O)N(Cc3ccc(F)cc3)C2=O)ccc1OCC(=O)Nc1ccc(F)cc1. The van der Waals surface area contributed by atoms with Crippen LogP contribution in [0.15, 0.2) is 72.4 Å². The van der Waals surface area contributed by atoms with Crippen LogP contribution in [0, 0.1) is 11.6 Å². The van der Waals surface area contributed by atoms with Crippen molar-refractivity contribution in [3.8, 4) is 11.5 Å². The Morgan fingerprint density at radius 1 is 0.972 bits per heavy atom. The van der Waals surface area contributed by atoms with Crippen LogP contribution in [0.2, 0.25) is 0 Å². The summed E-state index contributed by atoms with van der Waals surface area (Å²) in [6, 6.07) is 15.0. The third-order valence-electron chi connectivity index (χ3n) is 5.20. The standard InChI is InChI=1S/C26H21F2N3O5/c1-35-23-13-17(4-11-22(23)36-15-24(32)29-20-9-7-19(28)8-10-20)12-21-25(33)31(26(34)30-21)14-16-2-5-18(27)6-3-16/h2-13H,14-15H2,1H3,(H,29,32)(H,30,34)/b21-12-. The van der Waals surface area contributed by atoms with Gasteiger partial charge in [0.05, 0.1) is 13.7 Å². The molecule has 36 heavy (non-hydrogen) atoms. The summed E-state index contributed by atoms with van der Waals surface area (Å²) in [4.78, 5) is 38.2. The van der Waals surface area contributed by atoms with Crippen molar-refractivity contribution in [2.24, 2.45) is 0 Å². The molecule has 3 aromatic rings. The van der Waals surface area contributed by atoms with Crippen LogP contribution in [0.5, 0.6) is 11.5 Å². The quantitative estimate of drug-likeness (QED) is 0.364. The van der Waals surface area contributed by atoms with Gasteiger partial charge in [0.2, 0.25) is 0 Å². The Balaban J connectivity index is 1.41. The maximum Gasteiger partial charge on any atom is 0.329 e. The summed E-state index contributed by atoms with van der Waals surface area (Å²) < 4.78 is 37.0. The zero-order valence-corrected chi connectivity index (χ0v) is 19.1. The minimum atomic E-state index is -0.588. The normalized spacial score (nSPS) is 14.1. The van der Waals surface area contributed by atoms with E-state index in [0.29, 0.717) is 22.6 Å². The molecule has 1 aliphatic heterocycles. The highest BCUT2D eigenvalue weighted by molar-refractivity contribution is 6.13. The molecule has 4 rings (SSSR count). The first-order valence-corrected chi connectivity index (χ1v) is 10.8. The molecule has 1 heterocycles. The number of carbonyl (C=O) groups is 3. The van der Waals surface area contributed by atoms with Crippen molar-refractivity contribution in [1.29, 1.82) is 0 Å². The number of anilines is 1. The molecule has 184 valence electrons. The number of ether oxygens (including phenoxy) is 2. The van der Waals surface area contributed by atoms with Crippen molar-refractivity contribution in [3.05, 3.63) is 95.2 Å². The topological polar surface area (TPSA) is 97.0 Å². The van der Waals surface area contributed by atoms with E-state index >= 15 is 0 Å². The van der Waals surface area contributed by atoms with Gasteiger partial charge in [0.1, 0.15) is 17.3 Å². The van der Waals surface area contributed by atoms with Crippen molar-refractivity contribution >= 4 is 29.6 Å². The summed E-state index contributed by atoms with van der Waals surface area (Å²) in [5, 5.41) is 5.12. The predicted molar refractivity (Wildman–Crippen MR) is 127 cm³/mol. The summed E-state index contributed by atoms with van der Waals surface area (Å²) >= 11 is 0. The number of nitrogens with one attached hydrogen (secondary N) is 2. The Morgan fingerprint density at radius 3 is 2.31 bits per heavy atom. The Hall–Kier alpha value is -4.73. The zero-order valence-electron chi connectivity index (χ0n) is 19.1. The molecule has 0 aliphatic carbocycles. The second-order valence-electron chi connectivity index (χ2n) is 7.76. The fraction of sp³-hybridized carbons (Fsp3) is 0.115. The number of hydrogen-bond acceptors (Lipinski definition) is 5. The fourth-order valence-corrected chi connectivity index (χ4v) is 3.42. The van der Waals surface area contributed by atoms with Gasteiger partial charge in [0, 0.05) is 5.69 Å². The summed E-state index contributed by atoms with van der Waals surface area (Å²) in [6.45, 7) is -0.320. The predicted octanol–water partition coefficient (Wildman–Crippen LogP) is 4.08. The molecule has 0 bridgehead atoms. The number of methoxy groups -OCH3 is 1. The first kappa shape index (κ1) is 24.4. The number of carbonyl (C=O) groups excluding carboxylic acids is 3. The van der Waals surface area contributed by atoms with Gasteiger partial charge < -0.3 is 20.1 Å². The number of hydrogen-bond donors (Lipinski definition) is 2. The number of urea groups is 1. The van der Waals surface area contributed by atoms with Crippen molar-refractivity contribution in [1.82, 2.24) is 10.2 Å². The summed E-state index contributed by atoms with van der Waals surface area (Å²) in [5.41, 5.74) is 1.64. The molecule has 10 heteroatoms. The van der Waals surface area contributed by atoms with E-state index in [9.17, 15) is 23.2 Å². The first-order chi connectivity index (χ1) is 17.3. The van der Waals surface area contributed by atoms with Crippen LogP contribution in [0.3, 0.4) is 0 Å². The molecule has 0 aromatic heterocycles. The molecule has 1 fully saturated rings. The Labute approximate surface area is 205 Å². The number of amides is 4. The van der Waals surface area contributed by atoms with Gasteiger partial charge in [-0.2, -0.15) is 0 Å². The Bertz CT molecular complexity index is 1320. The van der Waals surface area contributed by atoms with E-state index in [1.54, 1.807) is 18.2 Å². The average Bonchev–Trinajstić information content (AvgIpc) is 3.13. The van der Waals surface area contributed by atoms with Crippen molar-refractivity contribution in [2.45, 2.75) is 6.54 Å². The summed E-state index contributed by atoms with van der Waals surface area (Å²) in [5.74, 6) is -1.21. The maximum atomic E-state index is 13.1. The highest BCUT2D eigenvalue weighted by Gasteiger charge is 2.33. The lowest BCUT2D eigenvalue weighted by atomic mass is 10.1. The fourth-order valence-electron chi connectivity index (χ4n) is 3.42. The van der Waals surface area contributed by atoms with E-state index in [1.165, 1.54) is 61.7 Å². The first-order valence-electron chi connectivity index (χ1n) is 10.8. The highest BCUT2D eigenvalue weighted by atomic mass is 19.1. The maximum absolute atomic E-state index is 13.1. The molecular weight excluding hydrogens is 472 g/mol. The van der Waals surface area contributed by atoms with Crippen LogP contribution in [-0.2, 0) is 16.1 Å². The van der Waals surface area contributed by atoms with Gasteiger partial charge >= 0.3 is 6.03 Å². The van der Waals surface area contributed by atoms with Gasteiger partial charge in [-0.25, -0.2) is 13.6 Å². The summed E-state index contributed by atoms with van der Waals surface area (Å²) in [6.07, 6.45) is 1.48. The van der Waals surface area contributed by atoms with E-state index < -0.39 is 29.5 Å². The monoisotopic (exact) mass is 493 g/mol. The molecule has 8 nitrogen and oxygen atoms in total. The molecule has 4 amide bonds. The Kier molecular flexibility index (Phi) is 7.24. The van der Waals surface area contributed by atoms with Crippen LogP contribution in [0.25, 0.3) is 6.08 Å². The van der Waals surface area contributed by atoms with Crippen LogP contribution in [-0.4, -0.2) is 36.5 Å². The molecular formula is C26H21F2N3O5.